The number of hydrogen-bond acceptors (Lipinski definition) is 4. The summed E-state index contributed by atoms with van der Waals surface area (Å²) < 4.78 is 5.71. The summed E-state index contributed by atoms with van der Waals surface area (Å²) >= 11 is 1.68. The van der Waals surface area contributed by atoms with Gasteiger partial charge in [0.2, 0.25) is 0 Å². The average molecular weight is 435 g/mol. The molecule has 4 heteroatoms. The van der Waals surface area contributed by atoms with Crippen molar-refractivity contribution in [2.45, 2.75) is 0 Å². The molecule has 1 aromatic heterocycles. The van der Waals surface area contributed by atoms with Crippen LogP contribution in [0.2, 0.25) is 0 Å². The van der Waals surface area contributed by atoms with Gasteiger partial charge in [-0.1, -0.05) is 90.2 Å². The van der Waals surface area contributed by atoms with Crippen LogP contribution in [-0.2, 0) is 0 Å². The Balaban J connectivity index is 1.78. The molecule has 0 amide bonds. The average Bonchev–Trinajstić information content (AvgIpc) is 3.31. The summed E-state index contributed by atoms with van der Waals surface area (Å²) in [6.07, 6.45) is 0. The maximum atomic E-state index is 5.71. The number of benzene rings is 4. The zero-order valence-corrected chi connectivity index (χ0v) is 18.5. The van der Waals surface area contributed by atoms with E-state index in [0.29, 0.717) is 0 Å². The van der Waals surface area contributed by atoms with Crippen LogP contribution in [-0.4, -0.2) is 12.1 Å². The van der Waals surface area contributed by atoms with Crippen molar-refractivity contribution in [3.05, 3.63) is 115 Å². The molecular weight excluding hydrogens is 412 g/mol. The molecule has 156 valence electrons. The SMILES string of the molecule is COc1ccccc1-c1nc(-c2ccccc2)sc1N(c1ccccc1)c1ccccc1. The molecule has 0 unspecified atom stereocenters. The fourth-order valence-electron chi connectivity index (χ4n) is 3.72. The number of anilines is 3. The molecule has 0 radical (unpaired) electrons. The maximum Gasteiger partial charge on any atom is 0.129 e. The van der Waals surface area contributed by atoms with Gasteiger partial charge in [-0.15, -0.1) is 0 Å². The van der Waals surface area contributed by atoms with Crippen molar-refractivity contribution in [1.82, 2.24) is 4.98 Å². The summed E-state index contributed by atoms with van der Waals surface area (Å²) in [4.78, 5) is 7.40. The predicted molar refractivity (Wildman–Crippen MR) is 134 cm³/mol. The lowest BCUT2D eigenvalue weighted by Gasteiger charge is -2.24. The highest BCUT2D eigenvalue weighted by atomic mass is 32.1. The first-order valence-corrected chi connectivity index (χ1v) is 11.3. The fraction of sp³-hybridized carbons (Fsp3) is 0.0357. The van der Waals surface area contributed by atoms with Gasteiger partial charge in [-0.25, -0.2) is 4.98 Å². The lowest BCUT2D eigenvalue weighted by Crippen LogP contribution is -2.09. The van der Waals surface area contributed by atoms with E-state index in [1.165, 1.54) is 0 Å². The van der Waals surface area contributed by atoms with Crippen LogP contribution in [0.15, 0.2) is 115 Å². The van der Waals surface area contributed by atoms with Crippen molar-refractivity contribution in [3.8, 4) is 27.6 Å². The lowest BCUT2D eigenvalue weighted by atomic mass is 10.1. The van der Waals surface area contributed by atoms with Gasteiger partial charge in [0.15, 0.2) is 0 Å². The zero-order chi connectivity index (χ0) is 21.8. The van der Waals surface area contributed by atoms with Gasteiger partial charge in [0.05, 0.1) is 7.11 Å². The van der Waals surface area contributed by atoms with Crippen LogP contribution in [0, 0.1) is 0 Å². The molecule has 5 aromatic rings. The highest BCUT2D eigenvalue weighted by molar-refractivity contribution is 7.19. The Morgan fingerprint density at radius 2 is 1.19 bits per heavy atom. The molecule has 0 aliphatic heterocycles. The Morgan fingerprint density at radius 1 is 0.656 bits per heavy atom. The van der Waals surface area contributed by atoms with Crippen LogP contribution in [0.4, 0.5) is 16.4 Å². The van der Waals surface area contributed by atoms with Crippen molar-refractivity contribution in [1.29, 1.82) is 0 Å². The molecule has 0 saturated heterocycles. The van der Waals surface area contributed by atoms with Gasteiger partial charge in [0.25, 0.3) is 0 Å². The van der Waals surface area contributed by atoms with Gasteiger partial charge >= 0.3 is 0 Å². The van der Waals surface area contributed by atoms with Gasteiger partial charge in [-0.2, -0.15) is 0 Å². The van der Waals surface area contributed by atoms with Crippen molar-refractivity contribution in [2.24, 2.45) is 0 Å². The van der Waals surface area contributed by atoms with Crippen LogP contribution in [0.1, 0.15) is 0 Å². The molecule has 0 N–H and O–H groups in total. The van der Waals surface area contributed by atoms with E-state index in [1.54, 1.807) is 18.4 Å². The quantitative estimate of drug-likeness (QED) is 0.271. The number of hydrogen-bond donors (Lipinski definition) is 0. The molecule has 5 rings (SSSR count). The lowest BCUT2D eigenvalue weighted by molar-refractivity contribution is 0.416. The number of methoxy groups -OCH3 is 1. The molecule has 0 spiro atoms. The Labute approximate surface area is 192 Å². The standard InChI is InChI=1S/C28H22N2OS/c1-31-25-20-12-11-19-24(25)26-28(32-27(29-26)21-13-5-2-6-14-21)30(22-15-7-3-8-16-22)23-17-9-4-10-18-23/h2-20H,1H3. The second-order valence-corrected chi connectivity index (χ2v) is 8.22. The van der Waals surface area contributed by atoms with Crippen molar-refractivity contribution in [2.75, 3.05) is 12.0 Å². The molecule has 0 atom stereocenters. The first-order valence-electron chi connectivity index (χ1n) is 10.4. The van der Waals surface area contributed by atoms with Gasteiger partial charge in [0, 0.05) is 22.5 Å². The Kier molecular flexibility index (Phi) is 5.69. The van der Waals surface area contributed by atoms with E-state index < -0.39 is 0 Å². The van der Waals surface area contributed by atoms with E-state index in [1.807, 2.05) is 48.5 Å². The number of para-hydroxylation sites is 3. The molecule has 3 nitrogen and oxygen atoms in total. The molecule has 0 aliphatic rings. The van der Waals surface area contributed by atoms with E-state index in [0.717, 1.165) is 44.0 Å². The normalized spacial score (nSPS) is 10.7. The fourth-order valence-corrected chi connectivity index (χ4v) is 4.85. The van der Waals surface area contributed by atoms with Crippen LogP contribution >= 0.6 is 11.3 Å². The summed E-state index contributed by atoms with van der Waals surface area (Å²) in [5.74, 6) is 0.805. The van der Waals surface area contributed by atoms with E-state index in [9.17, 15) is 0 Å². The number of nitrogens with zero attached hydrogens (tertiary/aromatic N) is 2. The third kappa shape index (κ3) is 3.88. The maximum absolute atomic E-state index is 5.71. The van der Waals surface area contributed by atoms with Crippen LogP contribution in [0.25, 0.3) is 21.8 Å². The molecular formula is C28H22N2OS. The highest BCUT2D eigenvalue weighted by Gasteiger charge is 2.24. The smallest absolute Gasteiger partial charge is 0.129 e. The minimum atomic E-state index is 0.805. The number of aromatic nitrogens is 1. The van der Waals surface area contributed by atoms with E-state index in [-0.39, 0.29) is 0 Å². The topological polar surface area (TPSA) is 25.4 Å². The second kappa shape index (κ2) is 9.08. The largest absolute Gasteiger partial charge is 0.496 e. The summed E-state index contributed by atoms with van der Waals surface area (Å²) in [5.41, 5.74) is 5.14. The summed E-state index contributed by atoms with van der Waals surface area (Å²) in [7, 11) is 1.70. The zero-order valence-electron chi connectivity index (χ0n) is 17.7. The molecule has 0 saturated carbocycles. The van der Waals surface area contributed by atoms with E-state index in [2.05, 4.69) is 71.6 Å². The van der Waals surface area contributed by atoms with Crippen LogP contribution in [0.5, 0.6) is 5.75 Å². The Morgan fingerprint density at radius 3 is 1.78 bits per heavy atom. The molecule has 1 heterocycles. The third-order valence-electron chi connectivity index (χ3n) is 5.22. The number of rotatable bonds is 6. The first kappa shape index (κ1) is 20.0. The number of ether oxygens (including phenoxy) is 1. The van der Waals surface area contributed by atoms with Gasteiger partial charge < -0.3 is 9.64 Å². The Hall–Kier alpha value is -3.89. The third-order valence-corrected chi connectivity index (χ3v) is 6.31. The van der Waals surface area contributed by atoms with Gasteiger partial charge in [0.1, 0.15) is 21.5 Å². The monoisotopic (exact) mass is 434 g/mol. The second-order valence-electron chi connectivity index (χ2n) is 7.25. The minimum absolute atomic E-state index is 0.805. The van der Waals surface area contributed by atoms with E-state index >= 15 is 0 Å². The van der Waals surface area contributed by atoms with Crippen LogP contribution < -0.4 is 9.64 Å². The first-order chi connectivity index (χ1) is 15.8. The van der Waals surface area contributed by atoms with Crippen LogP contribution in [0.3, 0.4) is 0 Å². The van der Waals surface area contributed by atoms with Crippen molar-refractivity contribution in [3.63, 3.8) is 0 Å². The van der Waals surface area contributed by atoms with Crippen molar-refractivity contribution >= 4 is 27.7 Å². The van der Waals surface area contributed by atoms with Gasteiger partial charge in [-0.3, -0.25) is 0 Å². The van der Waals surface area contributed by atoms with Crippen molar-refractivity contribution < 1.29 is 4.74 Å². The van der Waals surface area contributed by atoms with Gasteiger partial charge in [-0.05, 0) is 36.4 Å². The minimum Gasteiger partial charge on any atom is -0.496 e. The molecule has 0 bridgehead atoms. The molecule has 4 aromatic carbocycles. The van der Waals surface area contributed by atoms with E-state index in [4.69, 9.17) is 9.72 Å². The molecule has 0 fully saturated rings. The summed E-state index contributed by atoms with van der Waals surface area (Å²) in [6.45, 7) is 0. The highest BCUT2D eigenvalue weighted by Crippen LogP contribution is 2.48. The predicted octanol–water partition coefficient (Wildman–Crippen LogP) is 7.96. The molecule has 32 heavy (non-hydrogen) atoms. The summed E-state index contributed by atoms with van der Waals surface area (Å²) in [5, 5.41) is 2.02. The summed E-state index contributed by atoms with van der Waals surface area (Å²) in [6, 6.07) is 39.2. The molecule has 0 aliphatic carbocycles. The Bertz CT molecular complexity index is 1260. The number of thiazole rings is 1.